The number of hydrogen-bond acceptors (Lipinski definition) is 3. The first-order valence-electron chi connectivity index (χ1n) is 10.3. The first-order valence-corrected chi connectivity index (χ1v) is 11.7. The number of nitrogens with zero attached hydrogens (tertiary/aromatic N) is 1. The van der Waals surface area contributed by atoms with Crippen LogP contribution in [0.4, 0.5) is 0 Å². The minimum atomic E-state index is -3.57. The number of carbonyl (C=O) groups excluding carboxylic acids is 1. The maximum absolute atomic E-state index is 12.9. The third-order valence-corrected chi connectivity index (χ3v) is 7.39. The van der Waals surface area contributed by atoms with Crippen molar-refractivity contribution in [1.29, 1.82) is 0 Å². The monoisotopic (exact) mass is 414 g/mol. The van der Waals surface area contributed by atoms with Crippen molar-refractivity contribution in [2.45, 2.75) is 50.5 Å². The van der Waals surface area contributed by atoms with Crippen molar-refractivity contribution in [2.75, 3.05) is 13.1 Å². The first-order chi connectivity index (χ1) is 13.9. The third kappa shape index (κ3) is 5.67. The second-order valence-corrected chi connectivity index (χ2v) is 9.89. The summed E-state index contributed by atoms with van der Waals surface area (Å²) >= 11 is 0. The van der Waals surface area contributed by atoms with Gasteiger partial charge in [-0.2, -0.15) is 4.31 Å². The smallest absolute Gasteiger partial charge is 0.243 e. The van der Waals surface area contributed by atoms with E-state index in [9.17, 15) is 13.2 Å². The Bertz CT molecular complexity index is 911. The average molecular weight is 415 g/mol. The highest BCUT2D eigenvalue weighted by Gasteiger charge is 2.33. The molecule has 1 saturated heterocycles. The lowest BCUT2D eigenvalue weighted by atomic mass is 9.98. The van der Waals surface area contributed by atoms with Crippen LogP contribution in [0, 0.1) is 12.8 Å². The molecule has 6 heteroatoms. The molecule has 0 radical (unpaired) electrons. The van der Waals surface area contributed by atoms with Crippen LogP contribution in [0.2, 0.25) is 0 Å². The fourth-order valence-electron chi connectivity index (χ4n) is 3.69. The Morgan fingerprint density at radius 2 is 1.83 bits per heavy atom. The Kier molecular flexibility index (Phi) is 7.09. The maximum Gasteiger partial charge on any atom is 0.243 e. The summed E-state index contributed by atoms with van der Waals surface area (Å²) in [5.41, 5.74) is 2.27. The fourth-order valence-corrected chi connectivity index (χ4v) is 5.22. The average Bonchev–Trinajstić information content (AvgIpc) is 2.73. The Morgan fingerprint density at radius 3 is 2.52 bits per heavy atom. The van der Waals surface area contributed by atoms with E-state index in [0.29, 0.717) is 17.9 Å². The highest BCUT2D eigenvalue weighted by Crippen LogP contribution is 2.24. The standard InChI is InChI=1S/C23H30N2O3S/c1-18-10-14-22(15-11-18)29(27,28)25-16-6-9-21(17-25)23(26)24-19(2)12-13-20-7-4-3-5-8-20/h3-5,7-8,10-11,14-15,19,21H,6,9,12-13,16-17H2,1-2H3,(H,24,26)/t19-,21+/m0/s1. The molecule has 1 heterocycles. The van der Waals surface area contributed by atoms with Crippen molar-refractivity contribution in [1.82, 2.24) is 9.62 Å². The van der Waals surface area contributed by atoms with E-state index in [1.165, 1.54) is 9.87 Å². The van der Waals surface area contributed by atoms with Crippen LogP contribution in [-0.4, -0.2) is 37.8 Å². The molecule has 29 heavy (non-hydrogen) atoms. The van der Waals surface area contributed by atoms with Gasteiger partial charge in [-0.1, -0.05) is 48.0 Å². The Balaban J connectivity index is 1.56. The lowest BCUT2D eigenvalue weighted by Gasteiger charge is -2.32. The molecule has 2 atom stereocenters. The molecule has 0 aromatic heterocycles. The van der Waals surface area contributed by atoms with Crippen LogP contribution in [0.5, 0.6) is 0 Å². The van der Waals surface area contributed by atoms with Gasteiger partial charge in [0, 0.05) is 19.1 Å². The predicted octanol–water partition coefficient (Wildman–Crippen LogP) is 3.53. The highest BCUT2D eigenvalue weighted by atomic mass is 32.2. The molecule has 3 rings (SSSR count). The van der Waals surface area contributed by atoms with E-state index in [1.54, 1.807) is 24.3 Å². The number of rotatable bonds is 7. The normalized spacial score (nSPS) is 18.9. The molecule has 1 N–H and O–H groups in total. The number of carbonyl (C=O) groups is 1. The molecule has 0 saturated carbocycles. The van der Waals surface area contributed by atoms with Gasteiger partial charge >= 0.3 is 0 Å². The molecule has 0 bridgehead atoms. The van der Waals surface area contributed by atoms with Gasteiger partial charge in [-0.15, -0.1) is 0 Å². The number of aryl methyl sites for hydroxylation is 2. The van der Waals surface area contributed by atoms with E-state index in [4.69, 9.17) is 0 Å². The van der Waals surface area contributed by atoms with E-state index in [0.717, 1.165) is 24.8 Å². The quantitative estimate of drug-likeness (QED) is 0.754. The van der Waals surface area contributed by atoms with Gasteiger partial charge in [-0.05, 0) is 57.2 Å². The number of benzene rings is 2. The first kappa shape index (κ1) is 21.5. The van der Waals surface area contributed by atoms with Crippen LogP contribution in [-0.2, 0) is 21.2 Å². The Hall–Kier alpha value is -2.18. The minimum Gasteiger partial charge on any atom is -0.353 e. The lowest BCUT2D eigenvalue weighted by molar-refractivity contribution is -0.126. The third-order valence-electron chi connectivity index (χ3n) is 5.51. The summed E-state index contributed by atoms with van der Waals surface area (Å²) in [5, 5.41) is 3.08. The van der Waals surface area contributed by atoms with Gasteiger partial charge in [0.15, 0.2) is 0 Å². The molecule has 2 aromatic carbocycles. The number of nitrogens with one attached hydrogen (secondary N) is 1. The molecular weight excluding hydrogens is 384 g/mol. The summed E-state index contributed by atoms with van der Waals surface area (Å²) < 4.78 is 27.3. The highest BCUT2D eigenvalue weighted by molar-refractivity contribution is 7.89. The van der Waals surface area contributed by atoms with Gasteiger partial charge in [-0.3, -0.25) is 4.79 Å². The van der Waals surface area contributed by atoms with Crippen molar-refractivity contribution >= 4 is 15.9 Å². The van der Waals surface area contributed by atoms with Gasteiger partial charge in [0.05, 0.1) is 10.8 Å². The van der Waals surface area contributed by atoms with Crippen LogP contribution in [0.1, 0.15) is 37.3 Å². The molecule has 0 aliphatic carbocycles. The molecular formula is C23H30N2O3S. The SMILES string of the molecule is Cc1ccc(S(=O)(=O)N2CCC[C@@H](C(=O)N[C@@H](C)CCc3ccccc3)C2)cc1. The van der Waals surface area contributed by atoms with Crippen molar-refractivity contribution in [3.8, 4) is 0 Å². The van der Waals surface area contributed by atoms with Crippen LogP contribution in [0.3, 0.4) is 0 Å². The number of piperidine rings is 1. The van der Waals surface area contributed by atoms with Crippen molar-refractivity contribution < 1.29 is 13.2 Å². The van der Waals surface area contributed by atoms with Gasteiger partial charge < -0.3 is 5.32 Å². The Labute approximate surface area is 174 Å². The molecule has 1 aliphatic rings. The summed E-state index contributed by atoms with van der Waals surface area (Å²) in [6.45, 7) is 4.64. The van der Waals surface area contributed by atoms with Crippen molar-refractivity contribution in [3.05, 3.63) is 65.7 Å². The van der Waals surface area contributed by atoms with Gasteiger partial charge in [0.25, 0.3) is 0 Å². The zero-order chi connectivity index (χ0) is 20.9. The lowest BCUT2D eigenvalue weighted by Crippen LogP contribution is -2.47. The molecule has 0 spiro atoms. The van der Waals surface area contributed by atoms with Crippen LogP contribution >= 0.6 is 0 Å². The summed E-state index contributed by atoms with van der Waals surface area (Å²) in [7, 11) is -3.57. The molecule has 1 fully saturated rings. The van der Waals surface area contributed by atoms with Crippen LogP contribution in [0.15, 0.2) is 59.5 Å². The largest absolute Gasteiger partial charge is 0.353 e. The second-order valence-electron chi connectivity index (χ2n) is 7.95. The molecule has 156 valence electrons. The van der Waals surface area contributed by atoms with Crippen molar-refractivity contribution in [2.24, 2.45) is 5.92 Å². The number of sulfonamides is 1. The second kappa shape index (κ2) is 9.55. The predicted molar refractivity (Wildman–Crippen MR) is 115 cm³/mol. The molecule has 1 amide bonds. The molecule has 0 unspecified atom stereocenters. The summed E-state index contributed by atoms with van der Waals surface area (Å²) in [6, 6.07) is 17.1. The van der Waals surface area contributed by atoms with E-state index in [-0.39, 0.29) is 24.4 Å². The topological polar surface area (TPSA) is 66.5 Å². The summed E-state index contributed by atoms with van der Waals surface area (Å²) in [5.74, 6) is -0.350. The number of amides is 1. The van der Waals surface area contributed by atoms with E-state index in [1.807, 2.05) is 32.0 Å². The van der Waals surface area contributed by atoms with Gasteiger partial charge in [0.1, 0.15) is 0 Å². The minimum absolute atomic E-state index is 0.0469. The van der Waals surface area contributed by atoms with E-state index >= 15 is 0 Å². The molecule has 5 nitrogen and oxygen atoms in total. The summed E-state index contributed by atoms with van der Waals surface area (Å²) in [4.78, 5) is 13.0. The Morgan fingerprint density at radius 1 is 1.14 bits per heavy atom. The molecule has 1 aliphatic heterocycles. The van der Waals surface area contributed by atoms with Gasteiger partial charge in [0.2, 0.25) is 15.9 Å². The van der Waals surface area contributed by atoms with E-state index < -0.39 is 10.0 Å². The summed E-state index contributed by atoms with van der Waals surface area (Å²) in [6.07, 6.45) is 3.17. The number of hydrogen-bond donors (Lipinski definition) is 1. The zero-order valence-corrected chi connectivity index (χ0v) is 18.0. The van der Waals surface area contributed by atoms with E-state index in [2.05, 4.69) is 17.4 Å². The maximum atomic E-state index is 12.9. The van der Waals surface area contributed by atoms with Gasteiger partial charge in [-0.25, -0.2) is 8.42 Å². The van der Waals surface area contributed by atoms with Crippen molar-refractivity contribution in [3.63, 3.8) is 0 Å². The van der Waals surface area contributed by atoms with Crippen LogP contribution < -0.4 is 5.32 Å². The molecule has 2 aromatic rings. The van der Waals surface area contributed by atoms with Crippen LogP contribution in [0.25, 0.3) is 0 Å². The fraction of sp³-hybridized carbons (Fsp3) is 0.435. The zero-order valence-electron chi connectivity index (χ0n) is 17.2.